The van der Waals surface area contributed by atoms with Crippen molar-refractivity contribution in [1.82, 2.24) is 10.2 Å². The van der Waals surface area contributed by atoms with E-state index in [0.29, 0.717) is 18.8 Å². The van der Waals surface area contributed by atoms with Crippen LogP contribution in [0.3, 0.4) is 0 Å². The second-order valence-electron chi connectivity index (χ2n) is 6.05. The van der Waals surface area contributed by atoms with Crippen LogP contribution < -0.4 is 5.32 Å². The normalized spacial score (nSPS) is 35.2. The van der Waals surface area contributed by atoms with Gasteiger partial charge in [0.05, 0.1) is 5.92 Å². The molecule has 1 saturated heterocycles. The van der Waals surface area contributed by atoms with Gasteiger partial charge in [-0.25, -0.2) is 4.79 Å². The summed E-state index contributed by atoms with van der Waals surface area (Å²) in [5, 5.41) is 12.0. The van der Waals surface area contributed by atoms with Crippen LogP contribution in [0.4, 0.5) is 4.79 Å². The summed E-state index contributed by atoms with van der Waals surface area (Å²) in [5.41, 5.74) is 0. The summed E-state index contributed by atoms with van der Waals surface area (Å²) in [6.07, 6.45) is 4.25. The van der Waals surface area contributed by atoms with E-state index in [2.05, 4.69) is 19.2 Å². The number of nitrogens with one attached hydrogen (secondary N) is 1. The summed E-state index contributed by atoms with van der Waals surface area (Å²) in [7, 11) is 0. The molecule has 2 rings (SSSR count). The Hall–Kier alpha value is -1.26. The number of urea groups is 1. The minimum Gasteiger partial charge on any atom is -0.481 e. The topological polar surface area (TPSA) is 69.6 Å². The lowest BCUT2D eigenvalue weighted by Gasteiger charge is -2.38. The molecular formula is C14H24N2O3. The highest BCUT2D eigenvalue weighted by Gasteiger charge is 2.33. The summed E-state index contributed by atoms with van der Waals surface area (Å²) in [6.45, 7) is 5.09. The number of likely N-dealkylation sites (tertiary alicyclic amines) is 1. The zero-order valence-electron chi connectivity index (χ0n) is 11.8. The average molecular weight is 268 g/mol. The Morgan fingerprint density at radius 1 is 1.21 bits per heavy atom. The molecule has 0 aromatic heterocycles. The van der Waals surface area contributed by atoms with Gasteiger partial charge in [-0.1, -0.05) is 6.92 Å². The first-order valence-corrected chi connectivity index (χ1v) is 7.29. The van der Waals surface area contributed by atoms with Gasteiger partial charge in [0.2, 0.25) is 0 Å². The van der Waals surface area contributed by atoms with Gasteiger partial charge in [0.15, 0.2) is 0 Å². The van der Waals surface area contributed by atoms with E-state index in [-0.39, 0.29) is 24.0 Å². The van der Waals surface area contributed by atoms with Crippen molar-refractivity contribution >= 4 is 12.0 Å². The quantitative estimate of drug-likeness (QED) is 0.805. The fourth-order valence-electron chi connectivity index (χ4n) is 3.22. The largest absolute Gasteiger partial charge is 0.481 e. The predicted octanol–water partition coefficient (Wildman–Crippen LogP) is 2.07. The molecule has 5 nitrogen and oxygen atoms in total. The highest BCUT2D eigenvalue weighted by molar-refractivity contribution is 5.75. The Kier molecular flexibility index (Phi) is 4.32. The number of carboxylic acids is 1. The summed E-state index contributed by atoms with van der Waals surface area (Å²) >= 11 is 0. The van der Waals surface area contributed by atoms with Gasteiger partial charge in [0.1, 0.15) is 0 Å². The molecule has 2 fully saturated rings. The number of carboxylic acid groups (broad SMARTS) is 1. The Morgan fingerprint density at radius 2 is 1.95 bits per heavy atom. The van der Waals surface area contributed by atoms with E-state index in [1.54, 1.807) is 0 Å². The van der Waals surface area contributed by atoms with E-state index in [9.17, 15) is 9.59 Å². The Balaban J connectivity index is 1.86. The van der Waals surface area contributed by atoms with E-state index in [4.69, 9.17) is 5.11 Å². The zero-order valence-corrected chi connectivity index (χ0v) is 11.8. The van der Waals surface area contributed by atoms with Crippen LogP contribution in [0.15, 0.2) is 0 Å². The number of carbonyl (C=O) groups is 2. The summed E-state index contributed by atoms with van der Waals surface area (Å²) in [6, 6.07) is 0.276. The van der Waals surface area contributed by atoms with Crippen molar-refractivity contribution in [1.29, 1.82) is 0 Å². The molecule has 2 unspecified atom stereocenters. The Bertz CT molecular complexity index is 359. The van der Waals surface area contributed by atoms with Crippen LogP contribution >= 0.6 is 0 Å². The lowest BCUT2D eigenvalue weighted by molar-refractivity contribution is -0.141. The van der Waals surface area contributed by atoms with Gasteiger partial charge in [-0.3, -0.25) is 4.79 Å². The number of piperidine rings is 1. The standard InChI is InChI=1S/C14H24N2O3/c1-9-4-3-7-16(10(9)2)14(19)15-12-6-5-11(8-12)13(17)18/h9-12H,3-8H2,1-2H3,(H,15,19)(H,17,18)/t9?,10?,11-,12+/m1/s1. The number of hydrogen-bond donors (Lipinski definition) is 2. The monoisotopic (exact) mass is 268 g/mol. The molecule has 2 amide bonds. The van der Waals surface area contributed by atoms with Crippen LogP contribution in [0.5, 0.6) is 0 Å². The minimum atomic E-state index is -0.739. The first-order chi connectivity index (χ1) is 8.99. The lowest BCUT2D eigenvalue weighted by atomic mass is 9.92. The van der Waals surface area contributed by atoms with Crippen LogP contribution in [0, 0.1) is 11.8 Å². The predicted molar refractivity (Wildman–Crippen MR) is 71.9 cm³/mol. The van der Waals surface area contributed by atoms with E-state index < -0.39 is 5.97 Å². The molecule has 4 atom stereocenters. The molecule has 1 aliphatic heterocycles. The summed E-state index contributed by atoms with van der Waals surface area (Å²) in [4.78, 5) is 25.1. The van der Waals surface area contributed by atoms with Gasteiger partial charge in [0.25, 0.3) is 0 Å². The van der Waals surface area contributed by atoms with E-state index in [1.807, 2.05) is 4.90 Å². The van der Waals surface area contributed by atoms with E-state index in [1.165, 1.54) is 6.42 Å². The number of amides is 2. The molecule has 2 N–H and O–H groups in total. The fourth-order valence-corrected chi connectivity index (χ4v) is 3.22. The smallest absolute Gasteiger partial charge is 0.317 e. The van der Waals surface area contributed by atoms with Crippen LogP contribution in [-0.2, 0) is 4.79 Å². The first kappa shape index (κ1) is 14.2. The Labute approximate surface area is 114 Å². The number of hydrogen-bond acceptors (Lipinski definition) is 2. The molecule has 5 heteroatoms. The van der Waals surface area contributed by atoms with Crippen LogP contribution in [0.2, 0.25) is 0 Å². The van der Waals surface area contributed by atoms with Gasteiger partial charge in [0, 0.05) is 18.6 Å². The van der Waals surface area contributed by atoms with Crippen molar-refractivity contribution < 1.29 is 14.7 Å². The van der Waals surface area contributed by atoms with Gasteiger partial charge in [-0.05, 0) is 44.9 Å². The van der Waals surface area contributed by atoms with Crippen molar-refractivity contribution in [3.63, 3.8) is 0 Å². The molecule has 1 aliphatic carbocycles. The lowest BCUT2D eigenvalue weighted by Crippen LogP contribution is -2.52. The fraction of sp³-hybridized carbons (Fsp3) is 0.857. The third kappa shape index (κ3) is 3.19. The summed E-state index contributed by atoms with van der Waals surface area (Å²) < 4.78 is 0. The molecule has 0 spiro atoms. The maximum Gasteiger partial charge on any atom is 0.317 e. The number of rotatable bonds is 2. The molecule has 108 valence electrons. The Morgan fingerprint density at radius 3 is 2.58 bits per heavy atom. The van der Waals surface area contributed by atoms with E-state index >= 15 is 0 Å². The molecule has 0 aromatic carbocycles. The third-order valence-corrected chi connectivity index (χ3v) is 4.74. The van der Waals surface area contributed by atoms with Crippen molar-refractivity contribution in [3.05, 3.63) is 0 Å². The zero-order chi connectivity index (χ0) is 14.0. The molecule has 0 radical (unpaired) electrons. The first-order valence-electron chi connectivity index (χ1n) is 7.29. The third-order valence-electron chi connectivity index (χ3n) is 4.74. The SMILES string of the molecule is CC1CCCN(C(=O)N[C@H]2CC[C@@H](C(=O)O)C2)C1C. The number of nitrogens with zero attached hydrogens (tertiary/aromatic N) is 1. The second kappa shape index (κ2) is 5.80. The van der Waals surface area contributed by atoms with Gasteiger partial charge in [-0.2, -0.15) is 0 Å². The van der Waals surface area contributed by atoms with Crippen LogP contribution in [0.25, 0.3) is 0 Å². The van der Waals surface area contributed by atoms with Crippen LogP contribution in [-0.4, -0.2) is 40.6 Å². The second-order valence-corrected chi connectivity index (χ2v) is 6.05. The van der Waals surface area contributed by atoms with Crippen molar-refractivity contribution in [3.8, 4) is 0 Å². The minimum absolute atomic E-state index is 0.0184. The average Bonchev–Trinajstić information content (AvgIpc) is 2.81. The van der Waals surface area contributed by atoms with Gasteiger partial charge < -0.3 is 15.3 Å². The molecule has 2 aliphatic rings. The molecule has 1 heterocycles. The highest BCUT2D eigenvalue weighted by atomic mass is 16.4. The molecule has 19 heavy (non-hydrogen) atoms. The maximum atomic E-state index is 12.3. The van der Waals surface area contributed by atoms with Crippen molar-refractivity contribution in [2.24, 2.45) is 11.8 Å². The molecule has 0 aromatic rings. The number of carbonyl (C=O) groups excluding carboxylic acids is 1. The molecular weight excluding hydrogens is 244 g/mol. The van der Waals surface area contributed by atoms with Crippen LogP contribution in [0.1, 0.15) is 46.0 Å². The van der Waals surface area contributed by atoms with Gasteiger partial charge in [-0.15, -0.1) is 0 Å². The number of aliphatic carboxylic acids is 1. The molecule has 0 bridgehead atoms. The van der Waals surface area contributed by atoms with E-state index in [0.717, 1.165) is 19.4 Å². The molecule has 1 saturated carbocycles. The maximum absolute atomic E-state index is 12.3. The highest BCUT2D eigenvalue weighted by Crippen LogP contribution is 2.27. The van der Waals surface area contributed by atoms with Crippen molar-refractivity contribution in [2.45, 2.75) is 58.0 Å². The van der Waals surface area contributed by atoms with Gasteiger partial charge >= 0.3 is 12.0 Å². The van der Waals surface area contributed by atoms with Crippen molar-refractivity contribution in [2.75, 3.05) is 6.54 Å². The summed E-state index contributed by atoms with van der Waals surface area (Å²) in [5.74, 6) is -0.491.